The van der Waals surface area contributed by atoms with Gasteiger partial charge in [0.2, 0.25) is 5.91 Å². The van der Waals surface area contributed by atoms with E-state index in [0.717, 1.165) is 24.1 Å². The topological polar surface area (TPSA) is 49.3 Å². The molecule has 3 heteroatoms. The average molecular weight is 259 g/mol. The molecule has 1 amide bonds. The first-order chi connectivity index (χ1) is 9.22. The summed E-state index contributed by atoms with van der Waals surface area (Å²) in [6, 6.07) is 7.48. The molecular weight excluding hydrogens is 238 g/mol. The lowest BCUT2D eigenvalue weighted by molar-refractivity contribution is -0.120. The largest absolute Gasteiger partial charge is 0.395 e. The molecule has 0 bridgehead atoms. The smallest absolute Gasteiger partial charge is 0.227 e. The van der Waals surface area contributed by atoms with Crippen molar-refractivity contribution >= 4 is 11.6 Å². The molecule has 1 aromatic carbocycles. The predicted octanol–water partition coefficient (Wildman–Crippen LogP) is 2.80. The van der Waals surface area contributed by atoms with Gasteiger partial charge in [-0.15, -0.1) is 0 Å². The quantitative estimate of drug-likeness (QED) is 0.799. The summed E-state index contributed by atoms with van der Waals surface area (Å²) in [7, 11) is 0. The van der Waals surface area contributed by atoms with Crippen LogP contribution in [0.3, 0.4) is 0 Å². The number of para-hydroxylation sites is 1. The maximum atomic E-state index is 12.1. The molecular formula is C16H21NO2. The van der Waals surface area contributed by atoms with Crippen LogP contribution in [0.2, 0.25) is 0 Å². The molecule has 0 atom stereocenters. The van der Waals surface area contributed by atoms with E-state index in [1.807, 2.05) is 38.1 Å². The molecule has 0 aromatic heterocycles. The highest BCUT2D eigenvalue weighted by atomic mass is 16.2. The molecule has 0 radical (unpaired) electrons. The van der Waals surface area contributed by atoms with Crippen LogP contribution in [0, 0.1) is 17.8 Å². The van der Waals surface area contributed by atoms with E-state index in [1.165, 1.54) is 0 Å². The molecule has 0 unspecified atom stereocenters. The maximum absolute atomic E-state index is 12.1. The number of carbonyl (C=O) groups is 1. The summed E-state index contributed by atoms with van der Waals surface area (Å²) >= 11 is 0. The molecule has 1 aromatic rings. The van der Waals surface area contributed by atoms with Gasteiger partial charge in [-0.1, -0.05) is 37.8 Å². The van der Waals surface area contributed by atoms with Gasteiger partial charge in [0, 0.05) is 17.9 Å². The Morgan fingerprint density at radius 2 is 2.00 bits per heavy atom. The summed E-state index contributed by atoms with van der Waals surface area (Å²) in [4.78, 5) is 12.1. The second-order valence-electron chi connectivity index (χ2n) is 4.32. The van der Waals surface area contributed by atoms with Crippen molar-refractivity contribution in [2.75, 3.05) is 11.9 Å². The maximum Gasteiger partial charge on any atom is 0.227 e. The molecule has 0 heterocycles. The van der Waals surface area contributed by atoms with Gasteiger partial charge in [-0.05, 0) is 25.0 Å². The standard InChI is InChI=1S/C16H21NO2/c1-3-13(4-2)16(19)17-15-11-6-5-9-14(15)10-7-8-12-18/h5-6,9,11,13,18H,3-4,8,12H2,1-2H3,(H,17,19). The first-order valence-corrected chi connectivity index (χ1v) is 6.72. The normalized spacial score (nSPS) is 9.89. The van der Waals surface area contributed by atoms with E-state index in [2.05, 4.69) is 17.2 Å². The second-order valence-corrected chi connectivity index (χ2v) is 4.32. The third-order valence-electron chi connectivity index (χ3n) is 3.00. The van der Waals surface area contributed by atoms with Crippen molar-refractivity contribution in [3.8, 4) is 11.8 Å². The molecule has 102 valence electrons. The number of hydrogen-bond acceptors (Lipinski definition) is 2. The van der Waals surface area contributed by atoms with Gasteiger partial charge >= 0.3 is 0 Å². The number of amides is 1. The van der Waals surface area contributed by atoms with Crippen LogP contribution in [0.1, 0.15) is 38.7 Å². The number of hydrogen-bond donors (Lipinski definition) is 2. The lowest BCUT2D eigenvalue weighted by atomic mass is 10.0. The van der Waals surface area contributed by atoms with E-state index in [0.29, 0.717) is 6.42 Å². The Morgan fingerprint density at radius 1 is 1.32 bits per heavy atom. The SMILES string of the molecule is CCC(CC)C(=O)Nc1ccccc1C#CCCO. The number of nitrogens with one attached hydrogen (secondary N) is 1. The van der Waals surface area contributed by atoms with Gasteiger partial charge in [0.25, 0.3) is 0 Å². The minimum absolute atomic E-state index is 0.0402. The van der Waals surface area contributed by atoms with Crippen LogP contribution in [0.5, 0.6) is 0 Å². The van der Waals surface area contributed by atoms with Crippen LogP contribution in [-0.2, 0) is 4.79 Å². The van der Waals surface area contributed by atoms with Crippen LogP contribution >= 0.6 is 0 Å². The van der Waals surface area contributed by atoms with Crippen molar-refractivity contribution in [3.05, 3.63) is 29.8 Å². The van der Waals surface area contributed by atoms with Crippen molar-refractivity contribution < 1.29 is 9.90 Å². The first-order valence-electron chi connectivity index (χ1n) is 6.72. The lowest BCUT2D eigenvalue weighted by Crippen LogP contribution is -2.22. The summed E-state index contributed by atoms with van der Waals surface area (Å²) in [5, 5.41) is 11.7. The van der Waals surface area contributed by atoms with Crippen molar-refractivity contribution in [3.63, 3.8) is 0 Å². The van der Waals surface area contributed by atoms with Crippen LogP contribution in [0.15, 0.2) is 24.3 Å². The number of rotatable bonds is 5. The molecule has 0 saturated carbocycles. The van der Waals surface area contributed by atoms with Gasteiger partial charge in [-0.2, -0.15) is 0 Å². The molecule has 0 fully saturated rings. The number of carbonyl (C=O) groups excluding carboxylic acids is 1. The van der Waals surface area contributed by atoms with Crippen LogP contribution in [0.25, 0.3) is 0 Å². The zero-order chi connectivity index (χ0) is 14.1. The van der Waals surface area contributed by atoms with Gasteiger partial charge in [0.1, 0.15) is 0 Å². The Hall–Kier alpha value is -1.79. The van der Waals surface area contributed by atoms with E-state index in [4.69, 9.17) is 5.11 Å². The Kier molecular flexibility index (Phi) is 6.70. The molecule has 0 saturated heterocycles. The van der Waals surface area contributed by atoms with Gasteiger partial charge in [-0.3, -0.25) is 4.79 Å². The third kappa shape index (κ3) is 4.76. The Morgan fingerprint density at radius 3 is 2.63 bits per heavy atom. The molecule has 19 heavy (non-hydrogen) atoms. The van der Waals surface area contributed by atoms with E-state index in [9.17, 15) is 4.79 Å². The summed E-state index contributed by atoms with van der Waals surface area (Å²) in [6.45, 7) is 4.08. The fourth-order valence-electron chi connectivity index (χ4n) is 1.81. The van der Waals surface area contributed by atoms with Gasteiger partial charge in [0.15, 0.2) is 0 Å². The fourth-order valence-corrected chi connectivity index (χ4v) is 1.81. The number of aliphatic hydroxyl groups excluding tert-OH is 1. The van der Waals surface area contributed by atoms with E-state index in [1.54, 1.807) is 0 Å². The molecule has 0 aliphatic heterocycles. The average Bonchev–Trinajstić information content (AvgIpc) is 2.42. The molecule has 0 aliphatic rings. The zero-order valence-corrected chi connectivity index (χ0v) is 11.6. The highest BCUT2D eigenvalue weighted by Crippen LogP contribution is 2.17. The van der Waals surface area contributed by atoms with E-state index < -0.39 is 0 Å². The van der Waals surface area contributed by atoms with Crippen molar-refractivity contribution in [2.24, 2.45) is 5.92 Å². The van der Waals surface area contributed by atoms with Crippen LogP contribution < -0.4 is 5.32 Å². The third-order valence-corrected chi connectivity index (χ3v) is 3.00. The van der Waals surface area contributed by atoms with Crippen molar-refractivity contribution in [1.82, 2.24) is 0 Å². The molecule has 3 nitrogen and oxygen atoms in total. The summed E-state index contributed by atoms with van der Waals surface area (Å²) in [5.41, 5.74) is 1.53. The number of aliphatic hydroxyl groups is 1. The summed E-state index contributed by atoms with van der Waals surface area (Å²) in [5.74, 6) is 5.92. The van der Waals surface area contributed by atoms with Crippen LogP contribution in [-0.4, -0.2) is 17.6 Å². The highest BCUT2D eigenvalue weighted by Gasteiger charge is 2.14. The Balaban J connectivity index is 2.84. The van der Waals surface area contributed by atoms with E-state index in [-0.39, 0.29) is 18.4 Å². The summed E-state index contributed by atoms with van der Waals surface area (Å²) < 4.78 is 0. The Bertz CT molecular complexity index is 467. The van der Waals surface area contributed by atoms with Crippen molar-refractivity contribution in [2.45, 2.75) is 33.1 Å². The van der Waals surface area contributed by atoms with E-state index >= 15 is 0 Å². The molecule has 1 rings (SSSR count). The minimum Gasteiger partial charge on any atom is -0.395 e. The van der Waals surface area contributed by atoms with Gasteiger partial charge in [-0.25, -0.2) is 0 Å². The monoisotopic (exact) mass is 259 g/mol. The van der Waals surface area contributed by atoms with Crippen molar-refractivity contribution in [1.29, 1.82) is 0 Å². The number of anilines is 1. The zero-order valence-electron chi connectivity index (χ0n) is 11.6. The lowest BCUT2D eigenvalue weighted by Gasteiger charge is -2.13. The Labute approximate surface area is 115 Å². The summed E-state index contributed by atoms with van der Waals surface area (Å²) in [6.07, 6.45) is 2.11. The number of benzene rings is 1. The predicted molar refractivity (Wildman–Crippen MR) is 77.7 cm³/mol. The highest BCUT2D eigenvalue weighted by molar-refractivity contribution is 5.93. The second kappa shape index (κ2) is 8.34. The molecule has 0 aliphatic carbocycles. The molecule has 0 spiro atoms. The van der Waals surface area contributed by atoms with Gasteiger partial charge in [0.05, 0.1) is 12.3 Å². The van der Waals surface area contributed by atoms with Gasteiger partial charge < -0.3 is 10.4 Å². The molecule has 2 N–H and O–H groups in total. The van der Waals surface area contributed by atoms with Crippen LogP contribution in [0.4, 0.5) is 5.69 Å². The minimum atomic E-state index is 0.0402. The first kappa shape index (κ1) is 15.3. The fraction of sp³-hybridized carbons (Fsp3) is 0.438.